The van der Waals surface area contributed by atoms with Gasteiger partial charge in [-0.3, -0.25) is 9.59 Å². The highest BCUT2D eigenvalue weighted by molar-refractivity contribution is 6.26. The molecule has 0 bridgehead atoms. The number of alkyl halides is 1. The molecule has 4 rings (SSSR count). The minimum absolute atomic E-state index is 0.0101. The van der Waals surface area contributed by atoms with E-state index in [1.807, 2.05) is 0 Å². The zero-order chi connectivity index (χ0) is 17.8. The number of hydrogen-bond donors (Lipinski definition) is 0. The molecule has 3 fully saturated rings. The molecule has 4 heteroatoms. The molecular weight excluding hydrogens is 336 g/mol. The van der Waals surface area contributed by atoms with Crippen molar-refractivity contribution in [1.82, 2.24) is 0 Å². The van der Waals surface area contributed by atoms with E-state index in [0.717, 1.165) is 44.9 Å². The minimum atomic E-state index is -0.303. The Hall–Kier alpha value is -0.830. The van der Waals surface area contributed by atoms with Crippen molar-refractivity contribution in [3.8, 4) is 0 Å². The largest absolute Gasteiger partial charge is 0.461 e. The fraction of sp³-hybridized carbons (Fsp3) is 0.810. The molecule has 4 aliphatic carbocycles. The van der Waals surface area contributed by atoms with Crippen LogP contribution in [0.1, 0.15) is 65.2 Å². The lowest BCUT2D eigenvalue weighted by molar-refractivity contribution is -0.148. The van der Waals surface area contributed by atoms with Crippen LogP contribution < -0.4 is 0 Å². The van der Waals surface area contributed by atoms with Gasteiger partial charge in [0.15, 0.2) is 0 Å². The second kappa shape index (κ2) is 6.11. The summed E-state index contributed by atoms with van der Waals surface area (Å²) in [6.45, 7) is 4.65. The quantitative estimate of drug-likeness (QED) is 0.406. The van der Waals surface area contributed by atoms with E-state index in [0.29, 0.717) is 23.5 Å². The summed E-state index contributed by atoms with van der Waals surface area (Å²) in [4.78, 5) is 24.0. The second-order valence-electron chi connectivity index (χ2n) is 9.17. The Morgan fingerprint density at radius 3 is 2.68 bits per heavy atom. The highest BCUT2D eigenvalue weighted by atomic mass is 35.5. The lowest BCUT2D eigenvalue weighted by Crippen LogP contribution is -2.50. The van der Waals surface area contributed by atoms with Crippen molar-refractivity contribution in [2.24, 2.45) is 28.6 Å². The van der Waals surface area contributed by atoms with Gasteiger partial charge in [-0.15, -0.1) is 11.6 Å². The lowest BCUT2D eigenvalue weighted by Gasteiger charge is -2.56. The Labute approximate surface area is 155 Å². The van der Waals surface area contributed by atoms with Gasteiger partial charge in [0.2, 0.25) is 0 Å². The van der Waals surface area contributed by atoms with Gasteiger partial charge in [0.05, 0.1) is 0 Å². The number of allylic oxidation sites excluding steroid dienone is 1. The molecule has 0 amide bonds. The molecule has 0 aromatic carbocycles. The number of hydrogen-bond acceptors (Lipinski definition) is 3. The molecule has 6 atom stereocenters. The molecule has 0 radical (unpaired) electrons. The number of halogens is 1. The molecule has 0 aromatic rings. The van der Waals surface area contributed by atoms with Crippen LogP contribution in [0.3, 0.4) is 0 Å². The van der Waals surface area contributed by atoms with Crippen LogP contribution in [0.25, 0.3) is 0 Å². The Bertz CT molecular complexity index is 627. The maximum absolute atomic E-state index is 12.5. The van der Waals surface area contributed by atoms with Crippen molar-refractivity contribution in [3.63, 3.8) is 0 Å². The van der Waals surface area contributed by atoms with Crippen molar-refractivity contribution in [3.05, 3.63) is 11.6 Å². The van der Waals surface area contributed by atoms with E-state index in [2.05, 4.69) is 19.9 Å². The summed E-state index contributed by atoms with van der Waals surface area (Å²) in [5.74, 6) is 2.04. The van der Waals surface area contributed by atoms with Crippen LogP contribution in [0.15, 0.2) is 11.6 Å². The summed E-state index contributed by atoms with van der Waals surface area (Å²) >= 11 is 5.59. The molecule has 0 aromatic heterocycles. The molecule has 0 aliphatic heterocycles. The maximum atomic E-state index is 12.5. The van der Waals surface area contributed by atoms with Crippen LogP contribution in [-0.4, -0.2) is 23.7 Å². The number of Topliss-reactive ketones (excluding diaryl/α,β-unsaturated/α-hetero) is 1. The monoisotopic (exact) mass is 364 g/mol. The van der Waals surface area contributed by atoms with Crippen LogP contribution in [0.2, 0.25) is 0 Å². The van der Waals surface area contributed by atoms with Crippen molar-refractivity contribution in [1.29, 1.82) is 0 Å². The van der Waals surface area contributed by atoms with Gasteiger partial charge in [0.1, 0.15) is 17.8 Å². The first-order valence-electron chi connectivity index (χ1n) is 9.87. The van der Waals surface area contributed by atoms with Crippen LogP contribution >= 0.6 is 11.6 Å². The van der Waals surface area contributed by atoms with Gasteiger partial charge in [-0.25, -0.2) is 0 Å². The zero-order valence-electron chi connectivity index (χ0n) is 15.4. The smallest absolute Gasteiger partial charge is 0.321 e. The normalized spacial score (nSPS) is 45.9. The third kappa shape index (κ3) is 2.60. The van der Waals surface area contributed by atoms with E-state index in [1.165, 1.54) is 12.0 Å². The molecule has 0 saturated heterocycles. The first kappa shape index (κ1) is 17.6. The second-order valence-corrected chi connectivity index (χ2v) is 9.43. The van der Waals surface area contributed by atoms with Gasteiger partial charge in [-0.1, -0.05) is 25.5 Å². The van der Waals surface area contributed by atoms with Gasteiger partial charge in [-0.2, -0.15) is 0 Å². The summed E-state index contributed by atoms with van der Waals surface area (Å²) < 4.78 is 5.51. The topological polar surface area (TPSA) is 43.4 Å². The van der Waals surface area contributed by atoms with Gasteiger partial charge >= 0.3 is 5.97 Å². The standard InChI is InChI=1S/C21H29ClO3/c1-20-9-7-14(25-19(24)12-22)11-13(20)3-4-15-16-5-6-18(23)21(16,2)10-8-17(15)20/h3,14-17H,4-12H2,1-2H3/t14-,15+,16+,17+,20+,21+/m1/s1. The number of carbonyl (C=O) groups excluding carboxylic acids is 2. The summed E-state index contributed by atoms with van der Waals surface area (Å²) in [5.41, 5.74) is 1.65. The third-order valence-corrected chi connectivity index (χ3v) is 8.39. The van der Waals surface area contributed by atoms with Crippen LogP contribution in [0, 0.1) is 28.6 Å². The predicted octanol–water partition coefficient (Wildman–Crippen LogP) is 4.67. The van der Waals surface area contributed by atoms with Crippen molar-refractivity contribution in [2.45, 2.75) is 71.3 Å². The van der Waals surface area contributed by atoms with Crippen LogP contribution in [0.4, 0.5) is 0 Å². The Morgan fingerprint density at radius 1 is 1.20 bits per heavy atom. The van der Waals surface area contributed by atoms with Crippen LogP contribution in [0.5, 0.6) is 0 Å². The van der Waals surface area contributed by atoms with E-state index in [9.17, 15) is 9.59 Å². The number of ketones is 1. The van der Waals surface area contributed by atoms with E-state index in [4.69, 9.17) is 16.3 Å². The van der Waals surface area contributed by atoms with Crippen molar-refractivity contribution < 1.29 is 14.3 Å². The molecule has 4 aliphatic rings. The minimum Gasteiger partial charge on any atom is -0.461 e. The number of carbonyl (C=O) groups is 2. The average Bonchev–Trinajstić information content (AvgIpc) is 2.90. The van der Waals surface area contributed by atoms with Crippen molar-refractivity contribution in [2.75, 3.05) is 5.88 Å². The lowest BCUT2D eigenvalue weighted by atomic mass is 9.48. The molecule has 25 heavy (non-hydrogen) atoms. The predicted molar refractivity (Wildman–Crippen MR) is 97.3 cm³/mol. The molecule has 0 spiro atoms. The summed E-state index contributed by atoms with van der Waals surface area (Å²) in [7, 11) is 0. The van der Waals surface area contributed by atoms with Crippen LogP contribution in [-0.2, 0) is 14.3 Å². The summed E-state index contributed by atoms with van der Waals surface area (Å²) in [6.07, 6.45) is 10.5. The molecule has 0 unspecified atom stereocenters. The Kier molecular flexibility index (Phi) is 4.30. The molecule has 0 heterocycles. The highest BCUT2D eigenvalue weighted by Crippen LogP contribution is 2.64. The summed E-state index contributed by atoms with van der Waals surface area (Å²) in [6, 6.07) is 0. The highest BCUT2D eigenvalue weighted by Gasteiger charge is 2.58. The fourth-order valence-corrected chi connectivity index (χ4v) is 6.78. The van der Waals surface area contributed by atoms with Gasteiger partial charge in [0.25, 0.3) is 0 Å². The zero-order valence-corrected chi connectivity index (χ0v) is 16.1. The number of fused-ring (bicyclic) bond motifs is 5. The van der Waals surface area contributed by atoms with Gasteiger partial charge in [-0.05, 0) is 61.7 Å². The SMILES string of the molecule is C[C@]12CC[C@@H](OC(=O)CCl)CC1=CC[C@@H]1[C@@H]2CC[C@]2(C)C(=O)CC[C@@H]12. The molecule has 3 nitrogen and oxygen atoms in total. The maximum Gasteiger partial charge on any atom is 0.321 e. The van der Waals surface area contributed by atoms with Gasteiger partial charge < -0.3 is 4.74 Å². The number of esters is 1. The van der Waals surface area contributed by atoms with E-state index in [1.54, 1.807) is 0 Å². The molecule has 3 saturated carbocycles. The first-order chi connectivity index (χ1) is 11.9. The number of ether oxygens (including phenoxy) is 1. The molecule has 138 valence electrons. The Morgan fingerprint density at radius 2 is 1.92 bits per heavy atom. The van der Waals surface area contributed by atoms with E-state index < -0.39 is 0 Å². The Balaban J connectivity index is 1.56. The van der Waals surface area contributed by atoms with E-state index in [-0.39, 0.29) is 28.8 Å². The average molecular weight is 365 g/mol. The molecular formula is C21H29ClO3. The fourth-order valence-electron chi connectivity index (χ4n) is 6.72. The number of rotatable bonds is 2. The van der Waals surface area contributed by atoms with Gasteiger partial charge in [0, 0.05) is 18.3 Å². The summed E-state index contributed by atoms with van der Waals surface area (Å²) in [5, 5.41) is 0. The molecule has 0 N–H and O–H groups in total. The third-order valence-electron chi connectivity index (χ3n) is 8.17. The first-order valence-corrected chi connectivity index (χ1v) is 10.4. The van der Waals surface area contributed by atoms with E-state index >= 15 is 0 Å². The van der Waals surface area contributed by atoms with Crippen molar-refractivity contribution >= 4 is 23.4 Å².